The minimum atomic E-state index is -0.799. The zero-order valence-electron chi connectivity index (χ0n) is 12.6. The molecule has 0 amide bonds. The number of hydrogen-bond acceptors (Lipinski definition) is 2. The first-order valence-electron chi connectivity index (χ1n) is 7.32. The molecule has 1 aromatic carbocycles. The summed E-state index contributed by atoms with van der Waals surface area (Å²) in [4.78, 5) is 1.93. The molecule has 0 aliphatic heterocycles. The Bertz CT molecular complexity index is 592. The summed E-state index contributed by atoms with van der Waals surface area (Å²) in [5, 5.41) is 3.52. The fourth-order valence-corrected chi connectivity index (χ4v) is 3.60. The highest BCUT2D eigenvalue weighted by molar-refractivity contribution is 7.15. The highest BCUT2D eigenvalue weighted by Crippen LogP contribution is 2.35. The van der Waals surface area contributed by atoms with Crippen LogP contribution >= 0.6 is 11.3 Å². The van der Waals surface area contributed by atoms with Gasteiger partial charge in [0, 0.05) is 21.4 Å². The SMILES string of the molecule is CCCNC(c1ccc(-c2cccc(F)c2F)s1)C(C)C. The summed E-state index contributed by atoms with van der Waals surface area (Å²) in [6.45, 7) is 7.40. The number of nitrogens with one attached hydrogen (secondary N) is 1. The van der Waals surface area contributed by atoms with Crippen molar-refractivity contribution in [2.45, 2.75) is 33.2 Å². The minimum absolute atomic E-state index is 0.250. The lowest BCUT2D eigenvalue weighted by atomic mass is 10.0. The molecule has 1 heterocycles. The van der Waals surface area contributed by atoms with E-state index in [0.29, 0.717) is 11.5 Å². The molecule has 4 heteroatoms. The van der Waals surface area contributed by atoms with Crippen LogP contribution in [0.2, 0.25) is 0 Å². The van der Waals surface area contributed by atoms with Crippen LogP contribution in [0.15, 0.2) is 30.3 Å². The van der Waals surface area contributed by atoms with Gasteiger partial charge < -0.3 is 5.32 Å². The summed E-state index contributed by atoms with van der Waals surface area (Å²) in [5.74, 6) is -1.12. The van der Waals surface area contributed by atoms with Crippen LogP contribution in [0, 0.1) is 17.6 Å². The predicted molar refractivity (Wildman–Crippen MR) is 85.5 cm³/mol. The molecule has 0 aliphatic carbocycles. The molecule has 2 aromatic rings. The third-order valence-corrected chi connectivity index (χ3v) is 4.63. The smallest absolute Gasteiger partial charge is 0.167 e. The van der Waals surface area contributed by atoms with Gasteiger partial charge in [0.15, 0.2) is 11.6 Å². The molecule has 1 aromatic heterocycles. The summed E-state index contributed by atoms with van der Waals surface area (Å²) in [6, 6.07) is 8.45. The topological polar surface area (TPSA) is 12.0 Å². The van der Waals surface area contributed by atoms with Crippen LogP contribution in [0.25, 0.3) is 10.4 Å². The lowest BCUT2D eigenvalue weighted by molar-refractivity contribution is 0.418. The largest absolute Gasteiger partial charge is 0.309 e. The molecular formula is C17H21F2NS. The summed E-state index contributed by atoms with van der Waals surface area (Å²) in [7, 11) is 0. The fraction of sp³-hybridized carbons (Fsp3) is 0.412. The second kappa shape index (κ2) is 7.14. The van der Waals surface area contributed by atoms with Crippen LogP contribution in [0.3, 0.4) is 0 Å². The van der Waals surface area contributed by atoms with Crippen LogP contribution in [0.1, 0.15) is 38.1 Å². The maximum Gasteiger partial charge on any atom is 0.167 e. The predicted octanol–water partition coefficient (Wildman–Crippen LogP) is 5.39. The first kappa shape index (κ1) is 16.1. The summed E-state index contributed by atoms with van der Waals surface area (Å²) < 4.78 is 27.2. The van der Waals surface area contributed by atoms with Crippen molar-refractivity contribution in [3.8, 4) is 10.4 Å². The van der Waals surface area contributed by atoms with Gasteiger partial charge in [-0.1, -0.05) is 32.9 Å². The lowest BCUT2D eigenvalue weighted by Gasteiger charge is -2.20. The van der Waals surface area contributed by atoms with Crippen molar-refractivity contribution < 1.29 is 8.78 Å². The summed E-state index contributed by atoms with van der Waals surface area (Å²) >= 11 is 1.53. The average molecular weight is 309 g/mol. The van der Waals surface area contributed by atoms with E-state index in [1.54, 1.807) is 12.1 Å². The standard InChI is InChI=1S/C17H21F2NS/c1-4-10-20-17(11(2)3)15-9-8-14(21-15)12-6-5-7-13(18)16(12)19/h5-9,11,17,20H,4,10H2,1-3H3. The van der Waals surface area contributed by atoms with Crippen LogP contribution in [-0.4, -0.2) is 6.54 Å². The first-order valence-corrected chi connectivity index (χ1v) is 8.13. The van der Waals surface area contributed by atoms with E-state index >= 15 is 0 Å². The van der Waals surface area contributed by atoms with Gasteiger partial charge in [0.05, 0.1) is 0 Å². The van der Waals surface area contributed by atoms with Gasteiger partial charge in [-0.15, -0.1) is 11.3 Å². The minimum Gasteiger partial charge on any atom is -0.309 e. The molecule has 0 saturated heterocycles. The molecular weight excluding hydrogens is 288 g/mol. The molecule has 21 heavy (non-hydrogen) atoms. The average Bonchev–Trinajstić information content (AvgIpc) is 2.91. The van der Waals surface area contributed by atoms with Gasteiger partial charge in [-0.05, 0) is 37.1 Å². The van der Waals surface area contributed by atoms with Crippen molar-refractivity contribution in [2.24, 2.45) is 5.92 Å². The van der Waals surface area contributed by atoms with Crippen molar-refractivity contribution in [3.05, 3.63) is 46.8 Å². The molecule has 1 atom stereocenters. The number of hydrogen-bond donors (Lipinski definition) is 1. The quantitative estimate of drug-likeness (QED) is 0.754. The maximum absolute atomic E-state index is 13.9. The van der Waals surface area contributed by atoms with Crippen molar-refractivity contribution in [2.75, 3.05) is 6.54 Å². The van der Waals surface area contributed by atoms with Crippen LogP contribution in [0.5, 0.6) is 0 Å². The van der Waals surface area contributed by atoms with Gasteiger partial charge in [-0.3, -0.25) is 0 Å². The highest BCUT2D eigenvalue weighted by atomic mass is 32.1. The molecule has 0 radical (unpaired) electrons. The van der Waals surface area contributed by atoms with Crippen molar-refractivity contribution >= 4 is 11.3 Å². The van der Waals surface area contributed by atoms with Crippen LogP contribution in [0.4, 0.5) is 8.78 Å². The maximum atomic E-state index is 13.9. The molecule has 1 N–H and O–H groups in total. The van der Waals surface area contributed by atoms with Gasteiger partial charge in [0.25, 0.3) is 0 Å². The van der Waals surface area contributed by atoms with E-state index < -0.39 is 11.6 Å². The third kappa shape index (κ3) is 3.69. The van der Waals surface area contributed by atoms with Crippen molar-refractivity contribution in [3.63, 3.8) is 0 Å². The number of halogens is 2. The molecule has 0 saturated carbocycles. The highest BCUT2D eigenvalue weighted by Gasteiger charge is 2.19. The lowest BCUT2D eigenvalue weighted by Crippen LogP contribution is -2.25. The number of benzene rings is 1. The van der Waals surface area contributed by atoms with Gasteiger partial charge in [0.2, 0.25) is 0 Å². The Balaban J connectivity index is 2.29. The monoisotopic (exact) mass is 309 g/mol. The fourth-order valence-electron chi connectivity index (χ4n) is 2.32. The molecule has 0 bridgehead atoms. The van der Waals surface area contributed by atoms with E-state index in [1.165, 1.54) is 11.3 Å². The number of rotatable bonds is 6. The molecule has 2 rings (SSSR count). The van der Waals surface area contributed by atoms with Gasteiger partial charge in [-0.2, -0.15) is 0 Å². The summed E-state index contributed by atoms with van der Waals surface area (Å²) in [6.07, 6.45) is 1.07. The van der Waals surface area contributed by atoms with E-state index in [1.807, 2.05) is 12.1 Å². The Labute approximate surface area is 129 Å². The molecule has 1 unspecified atom stereocenters. The van der Waals surface area contributed by atoms with Crippen LogP contribution < -0.4 is 5.32 Å². The van der Waals surface area contributed by atoms with Crippen molar-refractivity contribution in [1.29, 1.82) is 0 Å². The van der Waals surface area contributed by atoms with E-state index in [-0.39, 0.29) is 6.04 Å². The normalized spacial score (nSPS) is 12.9. The third-order valence-electron chi connectivity index (χ3n) is 3.43. The Morgan fingerprint density at radius 3 is 2.57 bits per heavy atom. The van der Waals surface area contributed by atoms with Crippen LogP contribution in [-0.2, 0) is 0 Å². The van der Waals surface area contributed by atoms with E-state index in [2.05, 4.69) is 26.1 Å². The molecule has 114 valence electrons. The second-order valence-electron chi connectivity index (χ2n) is 5.48. The van der Waals surface area contributed by atoms with Crippen molar-refractivity contribution in [1.82, 2.24) is 5.32 Å². The Kier molecular flexibility index (Phi) is 5.48. The van der Waals surface area contributed by atoms with Gasteiger partial charge in [0.1, 0.15) is 0 Å². The zero-order valence-corrected chi connectivity index (χ0v) is 13.4. The Hall–Kier alpha value is -1.26. The second-order valence-corrected chi connectivity index (χ2v) is 6.59. The molecule has 0 aliphatic rings. The molecule has 0 fully saturated rings. The zero-order chi connectivity index (χ0) is 15.4. The molecule has 0 spiro atoms. The van der Waals surface area contributed by atoms with E-state index in [4.69, 9.17) is 0 Å². The number of thiophene rings is 1. The van der Waals surface area contributed by atoms with Gasteiger partial charge in [-0.25, -0.2) is 8.78 Å². The van der Waals surface area contributed by atoms with Gasteiger partial charge >= 0.3 is 0 Å². The summed E-state index contributed by atoms with van der Waals surface area (Å²) in [5.41, 5.74) is 0.337. The Morgan fingerprint density at radius 2 is 1.90 bits per heavy atom. The molecule has 1 nitrogen and oxygen atoms in total. The van der Waals surface area contributed by atoms with E-state index in [9.17, 15) is 8.78 Å². The van der Waals surface area contributed by atoms with E-state index in [0.717, 1.165) is 28.8 Å². The Morgan fingerprint density at radius 1 is 1.14 bits per heavy atom. The first-order chi connectivity index (χ1) is 10.0.